The summed E-state index contributed by atoms with van der Waals surface area (Å²) < 4.78 is 10.4. The summed E-state index contributed by atoms with van der Waals surface area (Å²) in [5.41, 5.74) is 2.40. The Hall–Kier alpha value is -3.23. The fraction of sp³-hybridized carbons (Fsp3) is 0.143. The molecule has 2 heterocycles. The first-order chi connectivity index (χ1) is 14.5. The summed E-state index contributed by atoms with van der Waals surface area (Å²) >= 11 is 7.57. The van der Waals surface area contributed by atoms with Crippen molar-refractivity contribution in [3.05, 3.63) is 75.4 Å². The van der Waals surface area contributed by atoms with E-state index < -0.39 is 0 Å². The maximum absolute atomic E-state index is 12.9. The summed E-state index contributed by atoms with van der Waals surface area (Å²) in [6.07, 6.45) is 0.606. The van der Waals surface area contributed by atoms with Crippen LogP contribution in [-0.2, 0) is 6.42 Å². The van der Waals surface area contributed by atoms with E-state index in [0.29, 0.717) is 39.2 Å². The Morgan fingerprint density at radius 2 is 1.93 bits per heavy atom. The van der Waals surface area contributed by atoms with Gasteiger partial charge in [-0.05, 0) is 30.7 Å². The van der Waals surface area contributed by atoms with E-state index in [0.717, 1.165) is 16.3 Å². The van der Waals surface area contributed by atoms with E-state index in [4.69, 9.17) is 20.9 Å². The highest BCUT2D eigenvalue weighted by Crippen LogP contribution is 2.31. The maximum Gasteiger partial charge on any atom is 0.263 e. The van der Waals surface area contributed by atoms with Crippen molar-refractivity contribution in [1.29, 1.82) is 0 Å². The van der Waals surface area contributed by atoms with Crippen molar-refractivity contribution in [2.45, 2.75) is 13.3 Å². The van der Waals surface area contributed by atoms with Gasteiger partial charge in [0.2, 0.25) is 5.13 Å². The zero-order valence-electron chi connectivity index (χ0n) is 16.2. The maximum atomic E-state index is 12.9. The zero-order valence-corrected chi connectivity index (χ0v) is 17.8. The number of benzene rings is 2. The molecule has 2 aromatic carbocycles. The Balaban J connectivity index is 1.51. The fourth-order valence-corrected chi connectivity index (χ4v) is 3.92. The Kier molecular flexibility index (Phi) is 5.78. The van der Waals surface area contributed by atoms with Crippen LogP contribution in [0.15, 0.2) is 53.1 Å². The number of hydrogen-bond acceptors (Lipinski definition) is 7. The van der Waals surface area contributed by atoms with Gasteiger partial charge < -0.3 is 9.26 Å². The van der Waals surface area contributed by atoms with Gasteiger partial charge in [0.15, 0.2) is 0 Å². The van der Waals surface area contributed by atoms with Gasteiger partial charge in [-0.25, -0.2) is 0 Å². The second-order valence-electron chi connectivity index (χ2n) is 6.42. The molecule has 1 N–H and O–H groups in total. The quantitative estimate of drug-likeness (QED) is 0.453. The lowest BCUT2D eigenvalue weighted by molar-refractivity contribution is 0.102. The molecule has 9 heteroatoms. The SMILES string of the molecule is COc1ccc(Cc2nnc(NC(=O)c3c(-c4ccccc4Cl)noc3C)s2)cc1. The van der Waals surface area contributed by atoms with Crippen LogP contribution in [0.2, 0.25) is 5.02 Å². The molecule has 0 spiro atoms. The summed E-state index contributed by atoms with van der Waals surface area (Å²) in [5, 5.41) is 16.7. The van der Waals surface area contributed by atoms with E-state index in [2.05, 4.69) is 20.7 Å². The molecule has 0 aliphatic carbocycles. The number of ether oxygens (including phenoxy) is 1. The van der Waals surface area contributed by atoms with E-state index in [-0.39, 0.29) is 5.91 Å². The minimum atomic E-state index is -0.379. The number of amides is 1. The van der Waals surface area contributed by atoms with Gasteiger partial charge in [-0.2, -0.15) is 0 Å². The lowest BCUT2D eigenvalue weighted by Gasteiger charge is -2.04. The number of carbonyl (C=O) groups excluding carboxylic acids is 1. The molecule has 4 rings (SSSR count). The summed E-state index contributed by atoms with van der Waals surface area (Å²) in [6.45, 7) is 1.68. The first kappa shape index (κ1) is 20.1. The minimum Gasteiger partial charge on any atom is -0.497 e. The summed E-state index contributed by atoms with van der Waals surface area (Å²) in [7, 11) is 1.63. The molecule has 0 radical (unpaired) electrons. The molecule has 1 amide bonds. The summed E-state index contributed by atoms with van der Waals surface area (Å²) in [6, 6.07) is 14.9. The van der Waals surface area contributed by atoms with E-state index in [9.17, 15) is 4.79 Å². The average Bonchev–Trinajstić information content (AvgIpc) is 3.35. The average molecular weight is 441 g/mol. The van der Waals surface area contributed by atoms with Gasteiger partial charge in [0.05, 0.1) is 12.1 Å². The Morgan fingerprint density at radius 1 is 1.17 bits per heavy atom. The third-order valence-corrected chi connectivity index (χ3v) is 5.59. The van der Waals surface area contributed by atoms with Gasteiger partial charge in [0.25, 0.3) is 5.91 Å². The van der Waals surface area contributed by atoms with Gasteiger partial charge in [-0.3, -0.25) is 10.1 Å². The largest absolute Gasteiger partial charge is 0.497 e. The second-order valence-corrected chi connectivity index (χ2v) is 7.89. The molecule has 0 bridgehead atoms. The van der Waals surface area contributed by atoms with Gasteiger partial charge in [-0.1, -0.05) is 58.4 Å². The monoisotopic (exact) mass is 440 g/mol. The van der Waals surface area contributed by atoms with Crippen molar-refractivity contribution < 1.29 is 14.1 Å². The zero-order chi connectivity index (χ0) is 21.1. The highest BCUT2D eigenvalue weighted by molar-refractivity contribution is 7.15. The van der Waals surface area contributed by atoms with Crippen molar-refractivity contribution in [3.8, 4) is 17.0 Å². The number of halogens is 1. The van der Waals surface area contributed by atoms with Gasteiger partial charge in [0, 0.05) is 12.0 Å². The smallest absolute Gasteiger partial charge is 0.263 e. The predicted octanol–water partition coefficient (Wildman–Crippen LogP) is 5.01. The van der Waals surface area contributed by atoms with Crippen molar-refractivity contribution in [3.63, 3.8) is 0 Å². The molecular formula is C21H17ClN4O3S. The Labute approximate surface area is 181 Å². The van der Waals surface area contributed by atoms with Crippen LogP contribution in [-0.4, -0.2) is 28.4 Å². The number of rotatable bonds is 6. The predicted molar refractivity (Wildman–Crippen MR) is 115 cm³/mol. The van der Waals surface area contributed by atoms with Crippen LogP contribution < -0.4 is 10.1 Å². The van der Waals surface area contributed by atoms with Crippen LogP contribution in [0.1, 0.15) is 26.7 Å². The molecule has 0 aliphatic heterocycles. The molecule has 4 aromatic rings. The molecule has 30 heavy (non-hydrogen) atoms. The molecule has 0 saturated carbocycles. The lowest BCUT2D eigenvalue weighted by atomic mass is 10.1. The number of aromatic nitrogens is 3. The molecule has 2 aromatic heterocycles. The molecule has 0 aliphatic rings. The summed E-state index contributed by atoms with van der Waals surface area (Å²) in [5.74, 6) is 0.809. The number of methoxy groups -OCH3 is 1. The van der Waals surface area contributed by atoms with E-state index in [1.54, 1.807) is 26.2 Å². The van der Waals surface area contributed by atoms with Crippen LogP contribution in [0, 0.1) is 6.92 Å². The molecule has 152 valence electrons. The van der Waals surface area contributed by atoms with Gasteiger partial charge in [0.1, 0.15) is 27.8 Å². The number of aryl methyl sites for hydroxylation is 1. The Bertz CT molecular complexity index is 1190. The van der Waals surface area contributed by atoms with Crippen molar-refractivity contribution >= 4 is 34.0 Å². The van der Waals surface area contributed by atoms with Crippen LogP contribution in [0.3, 0.4) is 0 Å². The molecular weight excluding hydrogens is 424 g/mol. The fourth-order valence-electron chi connectivity index (χ4n) is 2.93. The first-order valence-corrected chi connectivity index (χ1v) is 10.2. The van der Waals surface area contributed by atoms with Gasteiger partial charge in [-0.15, -0.1) is 10.2 Å². The number of nitrogens with zero attached hydrogens (tertiary/aromatic N) is 3. The number of anilines is 1. The van der Waals surface area contributed by atoms with Crippen LogP contribution in [0.4, 0.5) is 5.13 Å². The van der Waals surface area contributed by atoms with Crippen molar-refractivity contribution in [1.82, 2.24) is 15.4 Å². The molecule has 0 unspecified atom stereocenters. The number of hydrogen-bond donors (Lipinski definition) is 1. The number of carbonyl (C=O) groups is 1. The molecule has 0 atom stereocenters. The molecule has 0 saturated heterocycles. The molecule has 7 nitrogen and oxygen atoms in total. The normalized spacial score (nSPS) is 10.8. The first-order valence-electron chi connectivity index (χ1n) is 9.03. The van der Waals surface area contributed by atoms with Crippen LogP contribution in [0.25, 0.3) is 11.3 Å². The van der Waals surface area contributed by atoms with Gasteiger partial charge >= 0.3 is 0 Å². The highest BCUT2D eigenvalue weighted by atomic mass is 35.5. The molecule has 0 fully saturated rings. The topological polar surface area (TPSA) is 90.1 Å². The van der Waals surface area contributed by atoms with Crippen LogP contribution in [0.5, 0.6) is 5.75 Å². The lowest BCUT2D eigenvalue weighted by Crippen LogP contribution is -2.13. The standard InChI is InChI=1S/C21H17ClN4O3S/c1-12-18(19(26-29-12)15-5-3-4-6-16(15)22)20(27)23-21-25-24-17(30-21)11-13-7-9-14(28-2)10-8-13/h3-10H,11H2,1-2H3,(H,23,25,27). The Morgan fingerprint density at radius 3 is 2.67 bits per heavy atom. The summed E-state index contributed by atoms with van der Waals surface area (Å²) in [4.78, 5) is 12.9. The van der Waals surface area contributed by atoms with E-state index in [1.807, 2.05) is 36.4 Å². The third-order valence-electron chi connectivity index (χ3n) is 4.42. The van der Waals surface area contributed by atoms with Crippen molar-refractivity contribution in [2.24, 2.45) is 0 Å². The van der Waals surface area contributed by atoms with E-state index in [1.165, 1.54) is 11.3 Å². The third kappa shape index (κ3) is 4.19. The van der Waals surface area contributed by atoms with Crippen LogP contribution >= 0.6 is 22.9 Å². The minimum absolute atomic E-state index is 0.315. The highest BCUT2D eigenvalue weighted by Gasteiger charge is 2.24. The van der Waals surface area contributed by atoms with E-state index >= 15 is 0 Å². The van der Waals surface area contributed by atoms with Crippen molar-refractivity contribution in [2.75, 3.05) is 12.4 Å². The second kappa shape index (κ2) is 8.64. The number of nitrogens with one attached hydrogen (secondary N) is 1.